The molecule has 5 nitrogen and oxygen atoms in total. The fraction of sp³-hybridized carbons (Fsp3) is 0.632. The van der Waals surface area contributed by atoms with E-state index in [0.717, 1.165) is 23.7 Å². The number of nitro groups is 1. The summed E-state index contributed by atoms with van der Waals surface area (Å²) in [5, 5.41) is 13.9. The third-order valence-electron chi connectivity index (χ3n) is 6.58. The first-order valence-electron chi connectivity index (χ1n) is 9.06. The molecule has 4 fully saturated rings. The number of carbonyl (C=O) groups is 1. The Kier molecular flexibility index (Phi) is 3.82. The Morgan fingerprint density at radius 2 is 1.62 bits per heavy atom. The van der Waals surface area contributed by atoms with Gasteiger partial charge in [0.2, 0.25) is 0 Å². The lowest BCUT2D eigenvalue weighted by atomic mass is 9.50. The highest BCUT2D eigenvalue weighted by Crippen LogP contribution is 2.57. The molecule has 1 aromatic rings. The number of hydrogen-bond donors (Lipinski definition) is 1. The van der Waals surface area contributed by atoms with Crippen LogP contribution in [0.15, 0.2) is 24.3 Å². The van der Waals surface area contributed by atoms with Gasteiger partial charge in [-0.3, -0.25) is 14.9 Å². The van der Waals surface area contributed by atoms with Crippen LogP contribution in [0.1, 0.15) is 49.4 Å². The zero-order valence-electron chi connectivity index (χ0n) is 14.0. The Bertz CT molecular complexity index is 627. The molecule has 5 heteroatoms. The molecule has 1 amide bonds. The summed E-state index contributed by atoms with van der Waals surface area (Å²) in [5.41, 5.74) is 0.511. The fourth-order valence-electron chi connectivity index (χ4n) is 5.90. The standard InChI is InChI=1S/C19H24N2O3/c1-11(18-15-7-12-6-13(9-15)10-16(18)8-12)20-19(22)14-2-4-17(5-3-14)21(23)24/h2-5,11-13,15-16,18H,6-10H2,1H3,(H,20,22). The SMILES string of the molecule is CC(NC(=O)c1ccc([N+](=O)[O-])cc1)C1C2CC3CC(C2)CC1C3. The molecular formula is C19H24N2O3. The molecule has 4 saturated carbocycles. The minimum atomic E-state index is -0.446. The number of nitro benzene ring substituents is 1. The molecule has 0 spiro atoms. The molecule has 4 aliphatic carbocycles. The van der Waals surface area contributed by atoms with Crippen molar-refractivity contribution in [2.24, 2.45) is 29.6 Å². The first kappa shape index (κ1) is 15.6. The van der Waals surface area contributed by atoms with Crippen LogP contribution in [-0.2, 0) is 0 Å². The Labute approximate surface area is 142 Å². The average molecular weight is 328 g/mol. The highest BCUT2D eigenvalue weighted by atomic mass is 16.6. The smallest absolute Gasteiger partial charge is 0.269 e. The number of nitrogens with one attached hydrogen (secondary N) is 1. The van der Waals surface area contributed by atoms with E-state index in [9.17, 15) is 14.9 Å². The van der Waals surface area contributed by atoms with E-state index in [1.165, 1.54) is 56.4 Å². The number of amides is 1. The van der Waals surface area contributed by atoms with Crippen molar-refractivity contribution in [1.82, 2.24) is 5.32 Å². The number of carbonyl (C=O) groups excluding carboxylic acids is 1. The van der Waals surface area contributed by atoms with E-state index in [1.54, 1.807) is 0 Å². The van der Waals surface area contributed by atoms with Crippen molar-refractivity contribution in [1.29, 1.82) is 0 Å². The van der Waals surface area contributed by atoms with Crippen LogP contribution in [0.5, 0.6) is 0 Å². The lowest BCUT2D eigenvalue weighted by Crippen LogP contribution is -2.53. The first-order valence-corrected chi connectivity index (χ1v) is 9.06. The predicted octanol–water partition coefficient (Wildman–Crippen LogP) is 3.79. The van der Waals surface area contributed by atoms with E-state index in [4.69, 9.17) is 0 Å². The lowest BCUT2D eigenvalue weighted by Gasteiger charge is -2.56. The van der Waals surface area contributed by atoms with E-state index >= 15 is 0 Å². The van der Waals surface area contributed by atoms with Crippen molar-refractivity contribution in [3.8, 4) is 0 Å². The van der Waals surface area contributed by atoms with Gasteiger partial charge in [-0.05, 0) is 80.8 Å². The summed E-state index contributed by atoms with van der Waals surface area (Å²) in [4.78, 5) is 22.8. The molecular weight excluding hydrogens is 304 g/mol. The molecule has 0 saturated heterocycles. The zero-order chi connectivity index (χ0) is 16.8. The molecule has 1 aromatic carbocycles. The number of benzene rings is 1. The molecule has 1 atom stereocenters. The third kappa shape index (κ3) is 2.70. The van der Waals surface area contributed by atoms with E-state index < -0.39 is 4.92 Å². The molecule has 0 aliphatic heterocycles. The fourth-order valence-corrected chi connectivity index (χ4v) is 5.90. The van der Waals surface area contributed by atoms with E-state index in [2.05, 4.69) is 12.2 Å². The van der Waals surface area contributed by atoms with Gasteiger partial charge in [0, 0.05) is 23.7 Å². The second kappa shape index (κ2) is 5.87. The molecule has 1 N–H and O–H groups in total. The maximum absolute atomic E-state index is 12.5. The van der Waals surface area contributed by atoms with Crippen LogP contribution >= 0.6 is 0 Å². The molecule has 5 rings (SSSR count). The van der Waals surface area contributed by atoms with Gasteiger partial charge in [-0.2, -0.15) is 0 Å². The van der Waals surface area contributed by atoms with Gasteiger partial charge in [0.1, 0.15) is 0 Å². The summed E-state index contributed by atoms with van der Waals surface area (Å²) in [6.45, 7) is 2.14. The van der Waals surface area contributed by atoms with Crippen molar-refractivity contribution >= 4 is 11.6 Å². The maximum atomic E-state index is 12.5. The highest BCUT2D eigenvalue weighted by molar-refractivity contribution is 5.94. The second-order valence-electron chi connectivity index (χ2n) is 8.07. The minimum absolute atomic E-state index is 0.0145. The molecule has 1 unspecified atom stereocenters. The van der Waals surface area contributed by atoms with E-state index in [0.29, 0.717) is 11.5 Å². The highest BCUT2D eigenvalue weighted by Gasteiger charge is 2.49. The maximum Gasteiger partial charge on any atom is 0.269 e. The van der Waals surface area contributed by atoms with E-state index in [-0.39, 0.29) is 17.6 Å². The van der Waals surface area contributed by atoms with Crippen molar-refractivity contribution in [2.45, 2.75) is 45.1 Å². The van der Waals surface area contributed by atoms with Gasteiger partial charge in [0.15, 0.2) is 0 Å². The number of rotatable bonds is 4. The summed E-state index contributed by atoms with van der Waals surface area (Å²) in [7, 11) is 0. The summed E-state index contributed by atoms with van der Waals surface area (Å²) < 4.78 is 0. The van der Waals surface area contributed by atoms with Crippen LogP contribution in [0, 0.1) is 39.7 Å². The molecule has 4 bridgehead atoms. The third-order valence-corrected chi connectivity index (χ3v) is 6.58. The Morgan fingerprint density at radius 1 is 1.08 bits per heavy atom. The molecule has 128 valence electrons. The van der Waals surface area contributed by atoms with Crippen molar-refractivity contribution < 1.29 is 9.72 Å². The summed E-state index contributed by atoms with van der Waals surface area (Å²) in [6, 6.07) is 6.03. The van der Waals surface area contributed by atoms with E-state index in [1.807, 2.05) is 0 Å². The monoisotopic (exact) mass is 328 g/mol. The van der Waals surface area contributed by atoms with Gasteiger partial charge in [-0.1, -0.05) is 0 Å². The summed E-state index contributed by atoms with van der Waals surface area (Å²) in [5.74, 6) is 3.88. The average Bonchev–Trinajstić information content (AvgIpc) is 2.53. The topological polar surface area (TPSA) is 72.2 Å². The van der Waals surface area contributed by atoms with Gasteiger partial charge in [-0.25, -0.2) is 0 Å². The zero-order valence-corrected chi connectivity index (χ0v) is 14.0. The van der Waals surface area contributed by atoms with Crippen molar-refractivity contribution in [3.63, 3.8) is 0 Å². The minimum Gasteiger partial charge on any atom is -0.349 e. The van der Waals surface area contributed by atoms with Gasteiger partial charge in [0.05, 0.1) is 4.92 Å². The van der Waals surface area contributed by atoms with Gasteiger partial charge < -0.3 is 5.32 Å². The molecule has 0 heterocycles. The predicted molar refractivity (Wildman–Crippen MR) is 90.6 cm³/mol. The Hall–Kier alpha value is -1.91. The molecule has 0 aromatic heterocycles. The normalized spacial score (nSPS) is 34.8. The first-order chi connectivity index (χ1) is 11.5. The van der Waals surface area contributed by atoms with Gasteiger partial charge in [0.25, 0.3) is 11.6 Å². The lowest BCUT2D eigenvalue weighted by molar-refractivity contribution is -0.384. The van der Waals surface area contributed by atoms with Crippen LogP contribution in [0.4, 0.5) is 5.69 Å². The molecule has 4 aliphatic rings. The van der Waals surface area contributed by atoms with Crippen LogP contribution in [-0.4, -0.2) is 16.9 Å². The van der Waals surface area contributed by atoms with Crippen molar-refractivity contribution in [2.75, 3.05) is 0 Å². The van der Waals surface area contributed by atoms with Gasteiger partial charge >= 0.3 is 0 Å². The van der Waals surface area contributed by atoms with Crippen LogP contribution in [0.3, 0.4) is 0 Å². The number of non-ortho nitro benzene ring substituents is 1. The van der Waals surface area contributed by atoms with Gasteiger partial charge in [-0.15, -0.1) is 0 Å². The molecule has 24 heavy (non-hydrogen) atoms. The summed E-state index contributed by atoms with van der Waals surface area (Å²) in [6.07, 6.45) is 6.80. The summed E-state index contributed by atoms with van der Waals surface area (Å²) >= 11 is 0. The quantitative estimate of drug-likeness (QED) is 0.675. The Morgan fingerprint density at radius 3 is 2.12 bits per heavy atom. The number of hydrogen-bond acceptors (Lipinski definition) is 3. The van der Waals surface area contributed by atoms with Crippen LogP contribution < -0.4 is 5.32 Å². The Balaban J connectivity index is 1.43. The number of nitrogens with zero attached hydrogens (tertiary/aromatic N) is 1. The largest absolute Gasteiger partial charge is 0.349 e. The second-order valence-corrected chi connectivity index (χ2v) is 8.07. The van der Waals surface area contributed by atoms with Crippen LogP contribution in [0.2, 0.25) is 0 Å². The van der Waals surface area contributed by atoms with Crippen LogP contribution in [0.25, 0.3) is 0 Å². The van der Waals surface area contributed by atoms with Crippen molar-refractivity contribution in [3.05, 3.63) is 39.9 Å². The molecule has 0 radical (unpaired) electrons.